The molecule has 4 rings (SSSR count). The number of nitrogens with one attached hydrogen (secondary N) is 6. The molecule has 0 saturated carbocycles. The van der Waals surface area contributed by atoms with Crippen LogP contribution in [0.15, 0.2) is 21.9 Å². The van der Waals surface area contributed by atoms with Crippen LogP contribution in [-0.2, 0) is 46.0 Å². The van der Waals surface area contributed by atoms with Gasteiger partial charge in [-0.05, 0) is 32.1 Å². The van der Waals surface area contributed by atoms with Crippen LogP contribution in [0.3, 0.4) is 0 Å². The van der Waals surface area contributed by atoms with Gasteiger partial charge in [0.25, 0.3) is 21.2 Å². The molecular weight excluding hydrogens is 1000 g/mol. The maximum absolute atomic E-state index is 12.5. The van der Waals surface area contributed by atoms with Crippen molar-refractivity contribution in [1.82, 2.24) is 36.1 Å². The Kier molecular flexibility index (Phi) is 32.4. The molecule has 8 N–H and O–H groups in total. The maximum Gasteiger partial charge on any atom is 1.00 e. The molecule has 3 aliphatic rings. The molecule has 3 unspecified atom stereocenters. The summed E-state index contributed by atoms with van der Waals surface area (Å²) in [5.74, 6) is 0.358. The summed E-state index contributed by atoms with van der Waals surface area (Å²) in [6.45, 7) is -0.538. The number of phosphoric ester groups is 1. The number of aliphatic hydroxyl groups excluding tert-OH is 2. The van der Waals surface area contributed by atoms with Gasteiger partial charge in [0, 0.05) is 56.1 Å². The van der Waals surface area contributed by atoms with E-state index in [0.29, 0.717) is 42.0 Å². The first-order chi connectivity index (χ1) is 29.1. The number of urea groups is 1. The predicted octanol–water partition coefficient (Wildman–Crippen LogP) is -15.6. The van der Waals surface area contributed by atoms with Crippen molar-refractivity contribution in [2.24, 2.45) is 0 Å². The zero-order valence-corrected chi connectivity index (χ0v) is 48.4. The molecule has 0 bridgehead atoms. The molecular formula is C32H48N7Na4O19P3S. The van der Waals surface area contributed by atoms with E-state index in [9.17, 15) is 72.2 Å². The van der Waals surface area contributed by atoms with E-state index in [-0.39, 0.29) is 179 Å². The second-order valence-electron chi connectivity index (χ2n) is 14.3. The molecule has 34 heteroatoms. The molecule has 0 spiro atoms. The number of carbonyl (C=O) groups is 4. The SMILES string of the molecule is O=C(CCCNC(=O)CCCCCNC(=O)CCCC[C@@H]1SC[C@@H]2NC(=O)N[C@@H]21)NC/C=C/c1cn([C@@H]2O[C@H](COP(=O)([O-])OP(=O)([O-])OP(=O)([O-])[O-])C(O)[C@@H]2O)c(=O)[nH]c1=O.[Na+].[Na+].[Na+].[Na+]. The summed E-state index contributed by atoms with van der Waals surface area (Å²) in [6, 6.07) is 0.236. The number of H-pyrrole nitrogens is 1. The standard InChI is InChI=1S/C32H52N7O19P3S.4Na/c40-23(10-2-1-5-13-33-24(41)11-4-3-9-22-26-20(18-62-22)36-31(46)37-26)35-15-7-12-25(42)34-14-6-8-19-16-39(32(47)38-29(19)45)30-28(44)27(43)21(56-30)17-55-60(51,52)58-61(53,54)57-59(48,49)50;;;;/h6,8,16,20-22,26-28,30,43-44H,1-5,7,9-15,17-18H2,(H,33,41)(H,34,42)(H,35,40)(H,51,52)(H,53,54)(H2,36,37,46)(H,38,45,47)(H2,48,49,50);;;;/q;4*+1/p-4/b8-6+;;;;/t20-,21+,22-,26-,27?,28-,30+;;;;/m0..../s1. The average molecular weight is 1050 g/mol. The van der Waals surface area contributed by atoms with Gasteiger partial charge in [0.15, 0.2) is 6.23 Å². The number of unbranched alkanes of at least 4 members (excludes halogenated alkanes) is 3. The summed E-state index contributed by atoms with van der Waals surface area (Å²) in [5, 5.41) is 35.3. The summed E-state index contributed by atoms with van der Waals surface area (Å²) in [7, 11) is -18.5. The summed E-state index contributed by atoms with van der Waals surface area (Å²) in [6.07, 6.45) is 1.90. The minimum absolute atomic E-state index is 0. The van der Waals surface area contributed by atoms with Gasteiger partial charge in [0.05, 0.1) is 32.1 Å². The van der Waals surface area contributed by atoms with E-state index in [1.807, 2.05) is 16.7 Å². The van der Waals surface area contributed by atoms with Gasteiger partial charge in [-0.1, -0.05) is 25.0 Å². The number of amides is 5. The monoisotopic (exact) mass is 1050 g/mol. The van der Waals surface area contributed by atoms with Crippen molar-refractivity contribution in [1.29, 1.82) is 0 Å². The quantitative estimate of drug-likeness (QED) is 0.0185. The third-order valence-corrected chi connectivity index (χ3v) is 14.7. The van der Waals surface area contributed by atoms with Gasteiger partial charge in [-0.2, -0.15) is 11.8 Å². The Balaban J connectivity index is 0.0000106. The molecule has 3 fully saturated rings. The van der Waals surface area contributed by atoms with Gasteiger partial charge in [-0.25, -0.2) is 13.9 Å². The van der Waals surface area contributed by atoms with Crippen molar-refractivity contribution >= 4 is 65.1 Å². The molecule has 3 aliphatic heterocycles. The second-order valence-corrected chi connectivity index (χ2v) is 19.8. The molecule has 0 aromatic carbocycles. The maximum atomic E-state index is 12.5. The van der Waals surface area contributed by atoms with E-state index < -0.39 is 65.9 Å². The first-order valence-corrected chi connectivity index (χ1v) is 24.8. The molecule has 66 heavy (non-hydrogen) atoms. The van der Waals surface area contributed by atoms with Crippen LogP contribution in [0.4, 0.5) is 4.79 Å². The topological polar surface area (TPSA) is 404 Å². The van der Waals surface area contributed by atoms with E-state index in [2.05, 4.69) is 39.7 Å². The van der Waals surface area contributed by atoms with Crippen LogP contribution in [0.2, 0.25) is 0 Å². The van der Waals surface area contributed by atoms with Crippen LogP contribution in [0.5, 0.6) is 0 Å². The first kappa shape index (κ1) is 66.7. The van der Waals surface area contributed by atoms with E-state index >= 15 is 0 Å². The third kappa shape index (κ3) is 23.5. The fourth-order valence-electron chi connectivity index (χ4n) is 6.54. The van der Waals surface area contributed by atoms with Crippen LogP contribution in [-0.4, -0.2) is 111 Å². The van der Waals surface area contributed by atoms with E-state index in [1.54, 1.807) is 0 Å². The number of aromatic amines is 1. The molecule has 3 saturated heterocycles. The van der Waals surface area contributed by atoms with E-state index in [0.717, 1.165) is 44.1 Å². The van der Waals surface area contributed by atoms with Crippen molar-refractivity contribution in [2.75, 3.05) is 32.0 Å². The van der Waals surface area contributed by atoms with Crippen molar-refractivity contribution in [3.63, 3.8) is 0 Å². The van der Waals surface area contributed by atoms with Crippen molar-refractivity contribution in [3.05, 3.63) is 38.7 Å². The number of hydrogen-bond acceptors (Lipinski definition) is 20. The minimum Gasteiger partial charge on any atom is -0.790 e. The van der Waals surface area contributed by atoms with Gasteiger partial charge in [0.1, 0.15) is 18.3 Å². The molecule has 5 amide bonds. The second kappa shape index (κ2) is 32.0. The first-order valence-electron chi connectivity index (χ1n) is 19.4. The van der Waals surface area contributed by atoms with Crippen molar-refractivity contribution in [2.45, 2.75) is 106 Å². The van der Waals surface area contributed by atoms with Crippen LogP contribution in [0.1, 0.15) is 76.0 Å². The molecule has 1 aromatic rings. The molecule has 0 radical (unpaired) electrons. The Hall–Kier alpha value is 0.740. The number of nitrogens with zero attached hydrogens (tertiary/aromatic N) is 1. The van der Waals surface area contributed by atoms with Crippen molar-refractivity contribution in [3.8, 4) is 0 Å². The fourth-order valence-corrected chi connectivity index (χ4v) is 11.0. The normalized spacial score (nSPS) is 23.8. The molecule has 26 nitrogen and oxygen atoms in total. The number of carbonyl (C=O) groups excluding carboxylic acids is 4. The molecule has 350 valence electrons. The van der Waals surface area contributed by atoms with Gasteiger partial charge < -0.3 is 70.2 Å². The van der Waals surface area contributed by atoms with Crippen LogP contribution >= 0.6 is 35.2 Å². The minimum atomic E-state index is -6.27. The summed E-state index contributed by atoms with van der Waals surface area (Å²) >= 11 is 1.85. The Bertz CT molecular complexity index is 2060. The molecule has 1 aromatic heterocycles. The Morgan fingerprint density at radius 2 is 1.42 bits per heavy atom. The van der Waals surface area contributed by atoms with Crippen molar-refractivity contribution < 1.29 is 199 Å². The third-order valence-electron chi connectivity index (χ3n) is 9.50. The van der Waals surface area contributed by atoms with Crippen LogP contribution < -0.4 is 176 Å². The smallest absolute Gasteiger partial charge is 0.790 e. The summed E-state index contributed by atoms with van der Waals surface area (Å²) < 4.78 is 50.3. The Labute approximate surface area is 471 Å². The zero-order chi connectivity index (χ0) is 45.7. The molecule has 9 atom stereocenters. The van der Waals surface area contributed by atoms with E-state index in [1.165, 1.54) is 12.2 Å². The number of rotatable bonds is 26. The van der Waals surface area contributed by atoms with E-state index in [4.69, 9.17) is 4.74 Å². The molecule has 0 aliphatic carbocycles. The Morgan fingerprint density at radius 3 is 2.08 bits per heavy atom. The number of phosphoric acid groups is 3. The largest absolute Gasteiger partial charge is 1.00 e. The number of fused-ring (bicyclic) bond motifs is 1. The number of hydrogen-bond donors (Lipinski definition) is 8. The van der Waals surface area contributed by atoms with Gasteiger partial charge >= 0.3 is 130 Å². The predicted molar refractivity (Wildman–Crippen MR) is 208 cm³/mol. The van der Waals surface area contributed by atoms with Crippen LogP contribution in [0.25, 0.3) is 6.08 Å². The summed E-state index contributed by atoms with van der Waals surface area (Å²) in [4.78, 5) is 119. The Morgan fingerprint density at radius 1 is 0.818 bits per heavy atom. The number of ether oxygens (including phenoxy) is 1. The average Bonchev–Trinajstić information content (AvgIpc) is 3.81. The number of aromatic nitrogens is 2. The molecule has 4 heterocycles. The van der Waals surface area contributed by atoms with Gasteiger partial charge in [0.2, 0.25) is 17.7 Å². The van der Waals surface area contributed by atoms with Crippen LogP contribution in [0, 0.1) is 0 Å². The fraction of sp³-hybridized carbons (Fsp3) is 0.688. The van der Waals surface area contributed by atoms with Gasteiger partial charge in [-0.15, -0.1) is 0 Å². The number of aliphatic hydroxyl groups is 2. The van der Waals surface area contributed by atoms with Gasteiger partial charge in [-0.3, -0.25) is 42.2 Å². The number of thioether (sulfide) groups is 1. The zero-order valence-electron chi connectivity index (χ0n) is 36.9. The summed E-state index contributed by atoms with van der Waals surface area (Å²) in [5.41, 5.74) is -2.22.